The van der Waals surface area contributed by atoms with Crippen LogP contribution in [0.1, 0.15) is 97.3 Å². The van der Waals surface area contributed by atoms with Crippen LogP contribution in [0.5, 0.6) is 0 Å². The van der Waals surface area contributed by atoms with Crippen LogP contribution in [0, 0.1) is 5.92 Å². The van der Waals surface area contributed by atoms with Crippen LogP contribution in [0.3, 0.4) is 0 Å². The van der Waals surface area contributed by atoms with Gasteiger partial charge >= 0.3 is 0 Å². The first-order valence-electron chi connectivity index (χ1n) is 12.0. The molecule has 0 atom stereocenters. The van der Waals surface area contributed by atoms with Gasteiger partial charge in [0, 0.05) is 24.2 Å². The number of nitrogens with two attached hydrogens (primary N) is 1. The molecule has 2 saturated carbocycles. The van der Waals surface area contributed by atoms with Gasteiger partial charge < -0.3 is 26.8 Å². The number of hydrogen-bond donors (Lipinski definition) is 5. The molecule has 2 aliphatic carbocycles. The predicted octanol–water partition coefficient (Wildman–Crippen LogP) is 4.02. The zero-order chi connectivity index (χ0) is 21.9. The van der Waals surface area contributed by atoms with Crippen molar-refractivity contribution in [2.75, 3.05) is 19.6 Å². The van der Waals surface area contributed by atoms with Crippen LogP contribution in [-0.2, 0) is 0 Å². The van der Waals surface area contributed by atoms with Gasteiger partial charge in [0.2, 0.25) is 0 Å². The highest BCUT2D eigenvalue weighted by molar-refractivity contribution is 5.83. The molecule has 30 heavy (non-hydrogen) atoms. The minimum Gasteiger partial charge on any atom is -0.411 e. The third-order valence-corrected chi connectivity index (χ3v) is 7.33. The summed E-state index contributed by atoms with van der Waals surface area (Å²) in [7, 11) is 0. The van der Waals surface area contributed by atoms with Crippen molar-refractivity contribution in [3.63, 3.8) is 0 Å². The molecule has 0 saturated heterocycles. The lowest BCUT2D eigenvalue weighted by atomic mass is 9.69. The Kier molecular flexibility index (Phi) is 10.6. The number of rotatable bonds is 12. The number of hydrogen-bond acceptors (Lipinski definition) is 7. The van der Waals surface area contributed by atoms with Gasteiger partial charge in [-0.1, -0.05) is 48.8 Å². The van der Waals surface area contributed by atoms with Crippen molar-refractivity contribution >= 4 is 11.4 Å². The Balaban J connectivity index is 2.13. The molecular weight excluding hydrogens is 378 g/mol. The molecule has 174 valence electrons. The summed E-state index contributed by atoms with van der Waals surface area (Å²) >= 11 is 0. The van der Waals surface area contributed by atoms with Crippen molar-refractivity contribution in [1.82, 2.24) is 10.6 Å². The van der Waals surface area contributed by atoms with E-state index in [1.54, 1.807) is 0 Å². The third-order valence-electron chi connectivity index (χ3n) is 7.33. The Morgan fingerprint density at radius 3 is 1.53 bits per heavy atom. The van der Waals surface area contributed by atoms with Gasteiger partial charge in [0.15, 0.2) is 0 Å². The molecule has 0 aromatic heterocycles. The largest absolute Gasteiger partial charge is 0.411 e. The molecule has 2 fully saturated rings. The zero-order valence-corrected chi connectivity index (χ0v) is 19.3. The minimum absolute atomic E-state index is 0.113. The van der Waals surface area contributed by atoms with Gasteiger partial charge in [0.25, 0.3) is 0 Å². The second-order valence-corrected chi connectivity index (χ2v) is 9.91. The van der Waals surface area contributed by atoms with Gasteiger partial charge in [-0.2, -0.15) is 0 Å². The number of nitrogens with zero attached hydrogens (tertiary/aromatic N) is 2. The van der Waals surface area contributed by atoms with Crippen molar-refractivity contribution in [2.45, 2.75) is 108 Å². The highest BCUT2D eigenvalue weighted by atomic mass is 16.4. The molecule has 0 radical (unpaired) electrons. The third kappa shape index (κ3) is 7.82. The Morgan fingerprint density at radius 2 is 1.20 bits per heavy atom. The van der Waals surface area contributed by atoms with Crippen LogP contribution in [0.4, 0.5) is 0 Å². The maximum Gasteiger partial charge on any atom is 0.0677 e. The summed E-state index contributed by atoms with van der Waals surface area (Å²) in [4.78, 5) is 0. The first-order valence-corrected chi connectivity index (χ1v) is 12.0. The van der Waals surface area contributed by atoms with Crippen LogP contribution >= 0.6 is 0 Å². The predicted molar refractivity (Wildman–Crippen MR) is 124 cm³/mol. The van der Waals surface area contributed by atoms with E-state index >= 15 is 0 Å². The van der Waals surface area contributed by atoms with E-state index in [-0.39, 0.29) is 11.1 Å². The Hall–Kier alpha value is -1.18. The molecule has 0 amide bonds. The summed E-state index contributed by atoms with van der Waals surface area (Å²) in [5.74, 6) is 0.545. The standard InChI is InChI=1S/C23H45N5O2/c1-19(27-29)17-25-22(10-5-3-6-11-22)15-21(9-14-24)16-23(12-7-4-8-13-23)26-18-20(2)28-30/h21,25-26,29-30H,3-18,24H2,1-2H3/b27-19+,28-20+. The van der Waals surface area contributed by atoms with Crippen molar-refractivity contribution in [2.24, 2.45) is 22.0 Å². The van der Waals surface area contributed by atoms with E-state index in [2.05, 4.69) is 20.9 Å². The van der Waals surface area contributed by atoms with Crippen molar-refractivity contribution in [1.29, 1.82) is 0 Å². The zero-order valence-electron chi connectivity index (χ0n) is 19.3. The number of nitrogens with one attached hydrogen (secondary N) is 2. The highest BCUT2D eigenvalue weighted by Crippen LogP contribution is 2.40. The maximum atomic E-state index is 9.08. The van der Waals surface area contributed by atoms with Gasteiger partial charge in [-0.3, -0.25) is 0 Å². The van der Waals surface area contributed by atoms with E-state index < -0.39 is 0 Å². The molecule has 0 unspecified atom stereocenters. The van der Waals surface area contributed by atoms with Gasteiger partial charge in [-0.15, -0.1) is 0 Å². The van der Waals surface area contributed by atoms with Crippen molar-refractivity contribution < 1.29 is 10.4 Å². The second kappa shape index (κ2) is 12.6. The highest BCUT2D eigenvalue weighted by Gasteiger charge is 2.39. The fraction of sp³-hybridized carbons (Fsp3) is 0.913. The second-order valence-electron chi connectivity index (χ2n) is 9.91. The number of oxime groups is 2. The van der Waals surface area contributed by atoms with Crippen LogP contribution in [0.25, 0.3) is 0 Å². The monoisotopic (exact) mass is 423 g/mol. The summed E-state index contributed by atoms with van der Waals surface area (Å²) in [6.07, 6.45) is 15.7. The Labute approximate surface area is 182 Å². The van der Waals surface area contributed by atoms with Gasteiger partial charge in [-0.25, -0.2) is 0 Å². The summed E-state index contributed by atoms with van der Waals surface area (Å²) in [6, 6.07) is 0. The average molecular weight is 424 g/mol. The van der Waals surface area contributed by atoms with E-state index in [1.165, 1.54) is 64.2 Å². The quantitative estimate of drug-likeness (QED) is 0.185. The van der Waals surface area contributed by atoms with E-state index in [0.717, 1.165) is 30.7 Å². The fourth-order valence-electron chi connectivity index (χ4n) is 5.68. The summed E-state index contributed by atoms with van der Waals surface area (Å²) in [6.45, 7) is 5.73. The lowest BCUT2D eigenvalue weighted by molar-refractivity contribution is 0.137. The fourth-order valence-corrected chi connectivity index (χ4v) is 5.68. The summed E-state index contributed by atoms with van der Waals surface area (Å²) < 4.78 is 0. The molecule has 7 heteroatoms. The Morgan fingerprint density at radius 1 is 0.800 bits per heavy atom. The molecule has 2 aliphatic rings. The van der Waals surface area contributed by atoms with Crippen molar-refractivity contribution in [3.8, 4) is 0 Å². The topological polar surface area (TPSA) is 115 Å². The smallest absolute Gasteiger partial charge is 0.0677 e. The maximum absolute atomic E-state index is 9.08. The average Bonchev–Trinajstić information content (AvgIpc) is 2.77. The molecule has 0 aliphatic heterocycles. The first-order chi connectivity index (χ1) is 14.5. The molecule has 0 heterocycles. The first kappa shape index (κ1) is 25.1. The SMILES string of the molecule is C/C(CNC1(CC(CCN)CC2(NC/C(C)=N/O)CCCCC2)CCCCC1)=N\O. The molecular formula is C23H45N5O2. The van der Waals surface area contributed by atoms with Crippen LogP contribution < -0.4 is 16.4 Å². The van der Waals surface area contributed by atoms with Gasteiger partial charge in [0.05, 0.1) is 11.4 Å². The summed E-state index contributed by atoms with van der Waals surface area (Å²) in [5, 5.41) is 32.5. The summed E-state index contributed by atoms with van der Waals surface area (Å²) in [5.41, 5.74) is 7.77. The van der Waals surface area contributed by atoms with Crippen LogP contribution in [-0.4, -0.2) is 52.5 Å². The lowest BCUT2D eigenvalue weighted by Crippen LogP contribution is -2.53. The van der Waals surface area contributed by atoms with E-state index in [1.807, 2.05) is 13.8 Å². The molecule has 0 bridgehead atoms. The Bertz CT molecular complexity index is 506. The molecule has 0 spiro atoms. The normalized spacial score (nSPS) is 23.3. The molecule has 0 aromatic carbocycles. The van der Waals surface area contributed by atoms with E-state index in [0.29, 0.717) is 25.6 Å². The molecule has 2 rings (SSSR count). The van der Waals surface area contributed by atoms with Crippen LogP contribution in [0.15, 0.2) is 10.3 Å². The van der Waals surface area contributed by atoms with E-state index in [4.69, 9.17) is 16.1 Å². The van der Waals surface area contributed by atoms with Crippen molar-refractivity contribution in [3.05, 3.63) is 0 Å². The van der Waals surface area contributed by atoms with Gasteiger partial charge in [-0.05, 0) is 71.3 Å². The minimum atomic E-state index is 0.113. The molecule has 7 nitrogen and oxygen atoms in total. The lowest BCUT2D eigenvalue weighted by Gasteiger charge is -2.45. The molecule has 0 aromatic rings. The van der Waals surface area contributed by atoms with Crippen LogP contribution in [0.2, 0.25) is 0 Å². The molecule has 6 N–H and O–H groups in total. The van der Waals surface area contributed by atoms with E-state index in [9.17, 15) is 0 Å². The van der Waals surface area contributed by atoms with Gasteiger partial charge in [0.1, 0.15) is 0 Å².